The zero-order valence-corrected chi connectivity index (χ0v) is 9.01. The van der Waals surface area contributed by atoms with Crippen LogP contribution in [-0.4, -0.2) is 32.2 Å². The van der Waals surface area contributed by atoms with Crippen LogP contribution in [0.4, 0.5) is 0 Å². The van der Waals surface area contributed by atoms with Crippen molar-refractivity contribution in [2.45, 2.75) is 32.2 Å². The summed E-state index contributed by atoms with van der Waals surface area (Å²) in [5.41, 5.74) is 6.00. The van der Waals surface area contributed by atoms with E-state index in [2.05, 4.69) is 12.2 Å². The first kappa shape index (κ1) is 11.5. The molecule has 1 aliphatic rings. The Morgan fingerprint density at radius 3 is 2.79 bits per heavy atom. The molecule has 1 rings (SSSR count). The zero-order chi connectivity index (χ0) is 10.6. The van der Waals surface area contributed by atoms with Crippen LogP contribution < -0.4 is 11.1 Å². The molecule has 0 aromatic rings. The summed E-state index contributed by atoms with van der Waals surface area (Å²) >= 11 is 0. The van der Waals surface area contributed by atoms with Gasteiger partial charge < -0.3 is 15.8 Å². The van der Waals surface area contributed by atoms with Crippen LogP contribution in [-0.2, 0) is 9.53 Å². The van der Waals surface area contributed by atoms with Gasteiger partial charge in [0, 0.05) is 20.3 Å². The second-order valence-electron chi connectivity index (χ2n) is 4.42. The third kappa shape index (κ3) is 3.64. The molecule has 0 aromatic heterocycles. The van der Waals surface area contributed by atoms with Crippen LogP contribution in [0.3, 0.4) is 0 Å². The summed E-state index contributed by atoms with van der Waals surface area (Å²) in [7, 11) is 1.61. The fraction of sp³-hybridized carbons (Fsp3) is 0.900. The largest absolute Gasteiger partial charge is 0.385 e. The number of amides is 1. The number of ether oxygens (including phenoxy) is 1. The molecule has 0 radical (unpaired) electrons. The van der Waals surface area contributed by atoms with E-state index in [-0.39, 0.29) is 5.91 Å². The first-order valence-electron chi connectivity index (χ1n) is 5.10. The normalized spacial score (nSPS) is 20.2. The maximum atomic E-state index is 11.4. The average molecular weight is 200 g/mol. The van der Waals surface area contributed by atoms with Gasteiger partial charge in [-0.1, -0.05) is 6.92 Å². The predicted octanol–water partition coefficient (Wildman–Crippen LogP) is 0.267. The highest BCUT2D eigenvalue weighted by Gasteiger charge is 2.37. The van der Waals surface area contributed by atoms with Gasteiger partial charge in [0.15, 0.2) is 0 Å². The van der Waals surface area contributed by atoms with Crippen molar-refractivity contribution in [2.75, 3.05) is 20.3 Å². The van der Waals surface area contributed by atoms with Gasteiger partial charge in [-0.3, -0.25) is 4.79 Å². The Kier molecular flexibility index (Phi) is 3.89. The fourth-order valence-electron chi connectivity index (χ4n) is 1.20. The molecule has 4 nitrogen and oxygen atoms in total. The second kappa shape index (κ2) is 4.75. The Balaban J connectivity index is 2.13. The standard InChI is InChI=1S/C10H20N2O2/c1-10(4-5-10)7-12-9(13)8(11)3-6-14-2/h8H,3-7,11H2,1-2H3,(H,12,13). The smallest absolute Gasteiger partial charge is 0.237 e. The highest BCUT2D eigenvalue weighted by molar-refractivity contribution is 5.81. The first-order valence-corrected chi connectivity index (χ1v) is 5.10. The lowest BCUT2D eigenvalue weighted by Gasteiger charge is -2.14. The molecule has 4 heteroatoms. The Bertz CT molecular complexity index is 202. The quantitative estimate of drug-likeness (QED) is 0.646. The third-order valence-electron chi connectivity index (χ3n) is 2.76. The topological polar surface area (TPSA) is 64.3 Å². The first-order chi connectivity index (χ1) is 6.57. The van der Waals surface area contributed by atoms with E-state index in [0.717, 1.165) is 6.54 Å². The maximum absolute atomic E-state index is 11.4. The molecule has 1 saturated carbocycles. The SMILES string of the molecule is COCCC(N)C(=O)NCC1(C)CC1. The predicted molar refractivity (Wildman–Crippen MR) is 54.8 cm³/mol. The van der Waals surface area contributed by atoms with Gasteiger partial charge in [-0.2, -0.15) is 0 Å². The van der Waals surface area contributed by atoms with Gasteiger partial charge in [-0.15, -0.1) is 0 Å². The zero-order valence-electron chi connectivity index (χ0n) is 9.01. The van der Waals surface area contributed by atoms with Gasteiger partial charge in [0.25, 0.3) is 0 Å². The molecule has 0 aromatic carbocycles. The highest BCUT2D eigenvalue weighted by Crippen LogP contribution is 2.43. The van der Waals surface area contributed by atoms with Crippen LogP contribution in [0.25, 0.3) is 0 Å². The second-order valence-corrected chi connectivity index (χ2v) is 4.42. The van der Waals surface area contributed by atoms with E-state index < -0.39 is 6.04 Å². The molecule has 14 heavy (non-hydrogen) atoms. The molecular weight excluding hydrogens is 180 g/mol. The lowest BCUT2D eigenvalue weighted by atomic mass is 10.1. The number of hydrogen-bond acceptors (Lipinski definition) is 3. The number of nitrogens with two attached hydrogens (primary N) is 1. The summed E-state index contributed by atoms with van der Waals surface area (Å²) in [6, 6.07) is -0.433. The molecule has 0 heterocycles. The molecule has 0 spiro atoms. The van der Waals surface area contributed by atoms with E-state index in [1.54, 1.807) is 7.11 Å². The van der Waals surface area contributed by atoms with E-state index in [1.165, 1.54) is 12.8 Å². The van der Waals surface area contributed by atoms with E-state index in [9.17, 15) is 4.79 Å². The lowest BCUT2D eigenvalue weighted by Crippen LogP contribution is -2.43. The summed E-state index contributed by atoms with van der Waals surface area (Å²) in [5.74, 6) is -0.0600. The molecule has 1 aliphatic carbocycles. The number of hydrogen-bond donors (Lipinski definition) is 2. The highest BCUT2D eigenvalue weighted by atomic mass is 16.5. The van der Waals surface area contributed by atoms with Gasteiger partial charge in [0.05, 0.1) is 6.04 Å². The number of nitrogens with one attached hydrogen (secondary N) is 1. The fourth-order valence-corrected chi connectivity index (χ4v) is 1.20. The van der Waals surface area contributed by atoms with E-state index in [1.807, 2.05) is 0 Å². The molecule has 0 aliphatic heterocycles. The Hall–Kier alpha value is -0.610. The summed E-state index contributed by atoms with van der Waals surface area (Å²) in [4.78, 5) is 11.4. The number of methoxy groups -OCH3 is 1. The van der Waals surface area contributed by atoms with Gasteiger partial charge in [-0.05, 0) is 24.7 Å². The average Bonchev–Trinajstić information content (AvgIpc) is 2.90. The van der Waals surface area contributed by atoms with Crippen LogP contribution in [0, 0.1) is 5.41 Å². The van der Waals surface area contributed by atoms with Crippen LogP contribution in [0.15, 0.2) is 0 Å². The van der Waals surface area contributed by atoms with Crippen LogP contribution in [0.5, 0.6) is 0 Å². The summed E-state index contributed by atoms with van der Waals surface area (Å²) in [6.45, 7) is 3.46. The molecule has 0 bridgehead atoms. The minimum Gasteiger partial charge on any atom is -0.385 e. The Labute approximate surface area is 85.2 Å². The third-order valence-corrected chi connectivity index (χ3v) is 2.76. The monoisotopic (exact) mass is 200 g/mol. The van der Waals surface area contributed by atoms with Crippen LogP contribution in [0.1, 0.15) is 26.2 Å². The number of carbonyl (C=O) groups excluding carboxylic acids is 1. The van der Waals surface area contributed by atoms with Crippen molar-refractivity contribution < 1.29 is 9.53 Å². The summed E-state index contributed by atoms with van der Waals surface area (Å²) in [5, 5.41) is 2.87. The van der Waals surface area contributed by atoms with Crippen molar-refractivity contribution in [3.8, 4) is 0 Å². The molecule has 82 valence electrons. The van der Waals surface area contributed by atoms with Crippen molar-refractivity contribution in [3.63, 3.8) is 0 Å². The molecule has 1 amide bonds. The van der Waals surface area contributed by atoms with Crippen LogP contribution >= 0.6 is 0 Å². The summed E-state index contributed by atoms with van der Waals surface area (Å²) in [6.07, 6.45) is 3.00. The minimum absolute atomic E-state index is 0.0600. The van der Waals surface area contributed by atoms with Crippen molar-refractivity contribution in [3.05, 3.63) is 0 Å². The lowest BCUT2D eigenvalue weighted by molar-refractivity contribution is -0.123. The molecule has 0 saturated heterocycles. The van der Waals surface area contributed by atoms with E-state index in [4.69, 9.17) is 10.5 Å². The van der Waals surface area contributed by atoms with Gasteiger partial charge in [-0.25, -0.2) is 0 Å². The van der Waals surface area contributed by atoms with Crippen molar-refractivity contribution in [2.24, 2.45) is 11.1 Å². The van der Waals surface area contributed by atoms with Crippen LogP contribution in [0.2, 0.25) is 0 Å². The Morgan fingerprint density at radius 2 is 2.29 bits per heavy atom. The number of carbonyl (C=O) groups is 1. The van der Waals surface area contributed by atoms with Crippen molar-refractivity contribution in [1.29, 1.82) is 0 Å². The van der Waals surface area contributed by atoms with E-state index in [0.29, 0.717) is 18.4 Å². The van der Waals surface area contributed by atoms with Crippen molar-refractivity contribution >= 4 is 5.91 Å². The molecule has 1 atom stereocenters. The van der Waals surface area contributed by atoms with Gasteiger partial charge in [0.2, 0.25) is 5.91 Å². The molecule has 1 fully saturated rings. The molecule has 1 unspecified atom stereocenters. The van der Waals surface area contributed by atoms with Crippen molar-refractivity contribution in [1.82, 2.24) is 5.32 Å². The van der Waals surface area contributed by atoms with Gasteiger partial charge >= 0.3 is 0 Å². The molecular formula is C10H20N2O2. The minimum atomic E-state index is -0.433. The van der Waals surface area contributed by atoms with Gasteiger partial charge in [0.1, 0.15) is 0 Å². The van der Waals surface area contributed by atoms with E-state index >= 15 is 0 Å². The Morgan fingerprint density at radius 1 is 1.64 bits per heavy atom. The maximum Gasteiger partial charge on any atom is 0.237 e. The molecule has 3 N–H and O–H groups in total. The summed E-state index contributed by atoms with van der Waals surface area (Å²) < 4.78 is 4.86. The number of rotatable bonds is 6.